The third-order valence-electron chi connectivity index (χ3n) is 7.08. The number of aliphatic hydroxyl groups is 6. The highest BCUT2D eigenvalue weighted by molar-refractivity contribution is 5.75. The number of ether oxygens (including phenoxy) is 4. The third kappa shape index (κ3) is 5.74. The van der Waals surface area contributed by atoms with Crippen LogP contribution in [0.15, 0.2) is 51.7 Å². The van der Waals surface area contributed by atoms with Gasteiger partial charge in [-0.1, -0.05) is 0 Å². The Balaban J connectivity index is 1.42. The van der Waals surface area contributed by atoms with E-state index in [1.165, 1.54) is 37.3 Å². The van der Waals surface area contributed by atoms with E-state index in [2.05, 4.69) is 0 Å². The summed E-state index contributed by atoms with van der Waals surface area (Å²) in [6.07, 6.45) is -15.0. The van der Waals surface area contributed by atoms with E-state index in [4.69, 9.17) is 23.4 Å². The van der Waals surface area contributed by atoms with Crippen LogP contribution in [0, 0.1) is 0 Å². The lowest BCUT2D eigenvalue weighted by molar-refractivity contribution is -0.318. The smallest absolute Gasteiger partial charge is 0.229 e. The molecule has 0 bridgehead atoms. The van der Waals surface area contributed by atoms with Gasteiger partial charge in [0, 0.05) is 17.7 Å². The van der Waals surface area contributed by atoms with Crippen molar-refractivity contribution in [3.63, 3.8) is 0 Å². The second kappa shape index (κ2) is 11.5. The summed E-state index contributed by atoms with van der Waals surface area (Å²) >= 11 is 0. The molecular formula is C27H30O14. The van der Waals surface area contributed by atoms with Crippen LogP contribution >= 0.6 is 0 Å². The van der Waals surface area contributed by atoms with Crippen molar-refractivity contribution in [2.45, 2.75) is 68.3 Å². The molecule has 14 nitrogen and oxygen atoms in total. The van der Waals surface area contributed by atoms with Crippen LogP contribution in [-0.2, 0) is 14.2 Å². The molecule has 0 spiro atoms. The van der Waals surface area contributed by atoms with Crippen LogP contribution in [0.4, 0.5) is 0 Å². The van der Waals surface area contributed by atoms with Crippen molar-refractivity contribution in [1.82, 2.24) is 0 Å². The molecule has 4 aliphatic rings. The number of aromatic hydroxyl groups is 2. The van der Waals surface area contributed by atoms with Crippen molar-refractivity contribution < 1.29 is 64.2 Å². The molecule has 3 heterocycles. The molecule has 5 rings (SSSR count). The highest BCUT2D eigenvalue weighted by atomic mass is 16.7. The minimum atomic E-state index is -1.78. The van der Waals surface area contributed by atoms with E-state index in [1.807, 2.05) is 0 Å². The highest BCUT2D eigenvalue weighted by Crippen LogP contribution is 2.41. The normalized spacial score (nSPS) is 34.0. The minimum Gasteiger partial charge on any atom is -0.508 e. The van der Waals surface area contributed by atoms with Gasteiger partial charge >= 0.3 is 0 Å². The molecule has 2 fully saturated rings. The first-order chi connectivity index (χ1) is 19.4. The first kappa shape index (κ1) is 29.2. The Labute approximate surface area is 232 Å². The van der Waals surface area contributed by atoms with E-state index in [0.717, 1.165) is 12.1 Å². The Hall–Kier alpha value is -3.31. The van der Waals surface area contributed by atoms with Crippen molar-refractivity contribution in [1.29, 1.82) is 0 Å². The van der Waals surface area contributed by atoms with Gasteiger partial charge in [-0.15, -0.1) is 0 Å². The molecule has 0 amide bonds. The number of phenols is 2. The molecule has 41 heavy (non-hydrogen) atoms. The molecule has 10 atom stereocenters. The lowest BCUT2D eigenvalue weighted by atomic mass is 9.98. The fraction of sp³-hybridized carbons (Fsp3) is 0.444. The summed E-state index contributed by atoms with van der Waals surface area (Å²) in [5.41, 5.74) is -0.0516. The summed E-state index contributed by atoms with van der Waals surface area (Å²) in [4.78, 5) is 11.9. The zero-order valence-electron chi connectivity index (χ0n) is 21.5. The molecule has 1 aromatic rings. The van der Waals surface area contributed by atoms with Crippen LogP contribution in [0.1, 0.15) is 6.92 Å². The van der Waals surface area contributed by atoms with Crippen molar-refractivity contribution in [2.75, 3.05) is 6.61 Å². The highest BCUT2D eigenvalue weighted by Gasteiger charge is 2.47. The maximum absolute atomic E-state index is 11.9. The maximum Gasteiger partial charge on any atom is 0.229 e. The van der Waals surface area contributed by atoms with Gasteiger partial charge in [-0.3, -0.25) is 4.79 Å². The molecule has 1 aromatic carbocycles. The van der Waals surface area contributed by atoms with Crippen LogP contribution in [-0.4, -0.2) is 109 Å². The predicted molar refractivity (Wildman–Crippen MR) is 136 cm³/mol. The molecule has 14 heteroatoms. The van der Waals surface area contributed by atoms with Crippen LogP contribution in [0.3, 0.4) is 0 Å². The second-order valence-electron chi connectivity index (χ2n) is 9.99. The topological polar surface area (TPSA) is 229 Å². The Bertz CT molecular complexity index is 1380. The maximum atomic E-state index is 11.9. The Morgan fingerprint density at radius 3 is 2.15 bits per heavy atom. The Kier molecular flexibility index (Phi) is 8.20. The molecule has 0 radical (unpaired) electrons. The van der Waals surface area contributed by atoms with Crippen molar-refractivity contribution in [3.8, 4) is 39.9 Å². The monoisotopic (exact) mass is 578 g/mol. The molecule has 8 N–H and O–H groups in total. The predicted octanol–water partition coefficient (Wildman–Crippen LogP) is -1.15. The number of benzene rings is 2. The zero-order valence-corrected chi connectivity index (χ0v) is 21.5. The fourth-order valence-corrected chi connectivity index (χ4v) is 4.69. The summed E-state index contributed by atoms with van der Waals surface area (Å²) in [5.74, 6) is -0.498. The van der Waals surface area contributed by atoms with Gasteiger partial charge in [0.15, 0.2) is 23.2 Å². The summed E-state index contributed by atoms with van der Waals surface area (Å²) in [6, 6.07) is 9.18. The van der Waals surface area contributed by atoms with Gasteiger partial charge in [-0.05, 0) is 37.3 Å². The molecule has 0 saturated carbocycles. The molecular weight excluding hydrogens is 548 g/mol. The van der Waals surface area contributed by atoms with E-state index in [-0.39, 0.29) is 28.6 Å². The Morgan fingerprint density at radius 1 is 0.780 bits per heavy atom. The molecule has 1 aliphatic carbocycles. The number of rotatable bonds is 6. The number of aliphatic hydroxyl groups excluding tert-OH is 6. The largest absolute Gasteiger partial charge is 0.508 e. The molecule has 222 valence electrons. The number of hydrogen-bond donors (Lipinski definition) is 8. The molecule has 10 unspecified atom stereocenters. The first-order valence-corrected chi connectivity index (χ1v) is 12.7. The third-order valence-corrected chi connectivity index (χ3v) is 7.08. The fourth-order valence-electron chi connectivity index (χ4n) is 4.69. The van der Waals surface area contributed by atoms with E-state index in [9.17, 15) is 45.6 Å². The average Bonchev–Trinajstić information content (AvgIpc) is 2.94. The average molecular weight is 579 g/mol. The van der Waals surface area contributed by atoms with E-state index in [1.54, 1.807) is 0 Å². The number of fused-ring (bicyclic) bond motifs is 1. The quantitative estimate of drug-likeness (QED) is 0.173. The van der Waals surface area contributed by atoms with Crippen LogP contribution in [0.2, 0.25) is 0 Å². The zero-order chi connectivity index (χ0) is 29.6. The summed E-state index contributed by atoms with van der Waals surface area (Å²) in [6.45, 7) is 0.962. The summed E-state index contributed by atoms with van der Waals surface area (Å²) in [7, 11) is 0. The van der Waals surface area contributed by atoms with E-state index < -0.39 is 79.2 Å². The van der Waals surface area contributed by atoms with Crippen LogP contribution in [0.25, 0.3) is 22.6 Å². The van der Waals surface area contributed by atoms with Crippen molar-refractivity contribution in [2.24, 2.45) is 0 Å². The van der Waals surface area contributed by atoms with Gasteiger partial charge < -0.3 is 64.2 Å². The van der Waals surface area contributed by atoms with Crippen LogP contribution in [0.5, 0.6) is 17.2 Å². The number of phenolic OH excluding ortho intramolecular Hbond substituents is 2. The standard InChI is InChI=1S/C27H30O14/c1-10-19(31)21(33)23(35)26(38-10)37-9-18-20(32)22(34)24(36)27(41-18)40-17-8-14-15(30)6-13(29)7-16(14)39-25(17)11-2-4-12(28)5-3-11/h2-8,10,18-24,26-28,30-36H,9H2,1H3. The molecule has 0 aromatic heterocycles. The molecule has 2 saturated heterocycles. The lowest BCUT2D eigenvalue weighted by Gasteiger charge is -2.42. The summed E-state index contributed by atoms with van der Waals surface area (Å²) < 4.78 is 28.3. The summed E-state index contributed by atoms with van der Waals surface area (Å²) in [5, 5.41) is 81.8. The lowest BCUT2D eigenvalue weighted by Crippen LogP contribution is -2.61. The van der Waals surface area contributed by atoms with Gasteiger partial charge in [0.05, 0.1) is 18.3 Å². The van der Waals surface area contributed by atoms with Crippen LogP contribution < -0.4 is 10.2 Å². The van der Waals surface area contributed by atoms with Gasteiger partial charge in [-0.25, -0.2) is 0 Å². The second-order valence-corrected chi connectivity index (χ2v) is 9.99. The minimum absolute atomic E-state index is 0.0184. The van der Waals surface area contributed by atoms with Gasteiger partial charge in [-0.2, -0.15) is 0 Å². The van der Waals surface area contributed by atoms with Crippen molar-refractivity contribution >= 4 is 0 Å². The van der Waals surface area contributed by atoms with Gasteiger partial charge in [0.2, 0.25) is 6.29 Å². The first-order valence-electron chi connectivity index (χ1n) is 12.7. The number of hydrogen-bond acceptors (Lipinski definition) is 14. The molecule has 3 aliphatic heterocycles. The Morgan fingerprint density at radius 2 is 1.44 bits per heavy atom. The van der Waals surface area contributed by atoms with Crippen molar-refractivity contribution in [3.05, 3.63) is 52.7 Å². The van der Waals surface area contributed by atoms with E-state index >= 15 is 0 Å². The van der Waals surface area contributed by atoms with E-state index in [0.29, 0.717) is 5.56 Å². The van der Waals surface area contributed by atoms with Gasteiger partial charge in [0.1, 0.15) is 60.0 Å². The van der Waals surface area contributed by atoms with Gasteiger partial charge in [0.25, 0.3) is 0 Å². The SMILES string of the molecule is CC1OC(OCC2OC(Oc3cc4c(O)cc(=O)cc-4oc3-c3ccc(O)cc3)C(O)C(O)C2O)C(O)C(O)C1O.